The van der Waals surface area contributed by atoms with Crippen molar-refractivity contribution in [1.82, 2.24) is 4.98 Å². The zero-order valence-corrected chi connectivity index (χ0v) is 9.67. The molecule has 0 radical (unpaired) electrons. The summed E-state index contributed by atoms with van der Waals surface area (Å²) in [5.41, 5.74) is 8.02. The molecule has 0 saturated heterocycles. The molecule has 2 aromatic rings. The highest BCUT2D eigenvalue weighted by molar-refractivity contribution is 7.99. The summed E-state index contributed by atoms with van der Waals surface area (Å²) in [6.07, 6.45) is 0. The molecular formula is C11H14N2OS. The van der Waals surface area contributed by atoms with Crippen molar-refractivity contribution < 1.29 is 4.42 Å². The minimum absolute atomic E-state index is 0.581. The average molecular weight is 222 g/mol. The molecule has 0 aliphatic carbocycles. The van der Waals surface area contributed by atoms with Crippen LogP contribution in [0, 0.1) is 0 Å². The minimum Gasteiger partial charge on any atom is -0.440 e. The molecule has 1 heterocycles. The van der Waals surface area contributed by atoms with Crippen molar-refractivity contribution in [1.29, 1.82) is 0 Å². The third-order valence-corrected chi connectivity index (χ3v) is 3.11. The van der Waals surface area contributed by atoms with E-state index in [1.807, 2.05) is 30.0 Å². The van der Waals surface area contributed by atoms with E-state index >= 15 is 0 Å². The predicted octanol–water partition coefficient (Wildman–Crippen LogP) is 3.05. The summed E-state index contributed by atoms with van der Waals surface area (Å²) < 4.78 is 5.59. The van der Waals surface area contributed by atoms with Gasteiger partial charge >= 0.3 is 0 Å². The summed E-state index contributed by atoms with van der Waals surface area (Å²) in [6.45, 7) is 4.31. The Morgan fingerprint density at radius 3 is 2.93 bits per heavy atom. The monoisotopic (exact) mass is 222 g/mol. The van der Waals surface area contributed by atoms with Gasteiger partial charge in [0.25, 0.3) is 0 Å². The van der Waals surface area contributed by atoms with Crippen molar-refractivity contribution in [3.63, 3.8) is 0 Å². The Morgan fingerprint density at radius 2 is 2.27 bits per heavy atom. The summed E-state index contributed by atoms with van der Waals surface area (Å²) >= 11 is 1.81. The SMILES string of the molecule is CC(C)SCc1nc2c(N)cccc2o1. The molecule has 80 valence electrons. The van der Waals surface area contributed by atoms with Crippen LogP contribution in [0.2, 0.25) is 0 Å². The van der Waals surface area contributed by atoms with E-state index in [0.717, 1.165) is 22.7 Å². The molecule has 0 unspecified atom stereocenters. The number of para-hydroxylation sites is 1. The van der Waals surface area contributed by atoms with Crippen LogP contribution in [0.25, 0.3) is 11.1 Å². The van der Waals surface area contributed by atoms with Gasteiger partial charge in [-0.15, -0.1) is 11.8 Å². The van der Waals surface area contributed by atoms with Gasteiger partial charge in [-0.2, -0.15) is 0 Å². The van der Waals surface area contributed by atoms with Crippen molar-refractivity contribution in [2.75, 3.05) is 5.73 Å². The number of anilines is 1. The van der Waals surface area contributed by atoms with Gasteiger partial charge in [-0.1, -0.05) is 19.9 Å². The number of hydrogen-bond acceptors (Lipinski definition) is 4. The van der Waals surface area contributed by atoms with Crippen LogP contribution < -0.4 is 5.73 Å². The molecule has 2 N–H and O–H groups in total. The largest absolute Gasteiger partial charge is 0.440 e. The Morgan fingerprint density at radius 1 is 1.47 bits per heavy atom. The molecule has 4 heteroatoms. The number of benzene rings is 1. The fourth-order valence-corrected chi connectivity index (χ4v) is 1.91. The van der Waals surface area contributed by atoms with E-state index in [1.54, 1.807) is 0 Å². The first-order chi connectivity index (χ1) is 7.16. The van der Waals surface area contributed by atoms with E-state index in [-0.39, 0.29) is 0 Å². The van der Waals surface area contributed by atoms with Crippen LogP contribution in [0.3, 0.4) is 0 Å². The summed E-state index contributed by atoms with van der Waals surface area (Å²) in [7, 11) is 0. The van der Waals surface area contributed by atoms with Crippen molar-refractivity contribution in [3.8, 4) is 0 Å². The van der Waals surface area contributed by atoms with Crippen LogP contribution in [0.1, 0.15) is 19.7 Å². The van der Waals surface area contributed by atoms with Gasteiger partial charge < -0.3 is 10.2 Å². The zero-order chi connectivity index (χ0) is 10.8. The predicted molar refractivity (Wildman–Crippen MR) is 64.9 cm³/mol. The topological polar surface area (TPSA) is 52.0 Å². The maximum atomic E-state index is 5.80. The normalized spacial score (nSPS) is 11.4. The third kappa shape index (κ3) is 2.26. The van der Waals surface area contributed by atoms with Gasteiger partial charge in [-0.05, 0) is 17.4 Å². The molecule has 1 aromatic heterocycles. The zero-order valence-electron chi connectivity index (χ0n) is 8.86. The highest BCUT2D eigenvalue weighted by Gasteiger charge is 2.08. The first-order valence-electron chi connectivity index (χ1n) is 4.92. The van der Waals surface area contributed by atoms with Crippen molar-refractivity contribution in [2.24, 2.45) is 0 Å². The summed E-state index contributed by atoms with van der Waals surface area (Å²) in [5.74, 6) is 1.55. The second-order valence-corrected chi connectivity index (χ2v) is 5.23. The fraction of sp³-hybridized carbons (Fsp3) is 0.364. The number of hydrogen-bond donors (Lipinski definition) is 1. The van der Waals surface area contributed by atoms with Gasteiger partial charge in [-0.25, -0.2) is 4.98 Å². The molecule has 1 aromatic carbocycles. The Bertz CT molecular complexity index is 465. The van der Waals surface area contributed by atoms with Gasteiger partial charge in [0.15, 0.2) is 5.58 Å². The van der Waals surface area contributed by atoms with Crippen LogP contribution in [0.4, 0.5) is 5.69 Å². The molecule has 0 spiro atoms. The lowest BCUT2D eigenvalue weighted by Crippen LogP contribution is -1.89. The van der Waals surface area contributed by atoms with E-state index in [0.29, 0.717) is 10.9 Å². The number of nitrogens with zero attached hydrogens (tertiary/aromatic N) is 1. The van der Waals surface area contributed by atoms with Gasteiger partial charge in [-0.3, -0.25) is 0 Å². The van der Waals surface area contributed by atoms with Crippen molar-refractivity contribution in [2.45, 2.75) is 24.9 Å². The minimum atomic E-state index is 0.581. The molecule has 0 saturated carbocycles. The molecule has 3 nitrogen and oxygen atoms in total. The first kappa shape index (κ1) is 10.4. The lowest BCUT2D eigenvalue weighted by atomic mass is 10.3. The van der Waals surface area contributed by atoms with Crippen LogP contribution in [-0.2, 0) is 5.75 Å². The molecule has 0 aliphatic heterocycles. The van der Waals surface area contributed by atoms with Crippen molar-refractivity contribution >= 4 is 28.5 Å². The van der Waals surface area contributed by atoms with Crippen LogP contribution >= 0.6 is 11.8 Å². The molecule has 0 amide bonds. The summed E-state index contributed by atoms with van der Waals surface area (Å²) in [5, 5.41) is 0.581. The first-order valence-corrected chi connectivity index (χ1v) is 5.97. The number of nitrogens with two attached hydrogens (primary N) is 1. The molecule has 0 bridgehead atoms. The van der Waals surface area contributed by atoms with Gasteiger partial charge in [0.05, 0.1) is 11.4 Å². The Kier molecular flexibility index (Phi) is 2.86. The average Bonchev–Trinajstić information content (AvgIpc) is 2.59. The smallest absolute Gasteiger partial charge is 0.205 e. The number of nitrogen functional groups attached to an aromatic ring is 1. The number of fused-ring (bicyclic) bond motifs is 1. The second kappa shape index (κ2) is 4.14. The van der Waals surface area contributed by atoms with Crippen LogP contribution in [-0.4, -0.2) is 10.2 Å². The van der Waals surface area contributed by atoms with E-state index in [4.69, 9.17) is 10.2 Å². The maximum Gasteiger partial charge on any atom is 0.205 e. The highest BCUT2D eigenvalue weighted by atomic mass is 32.2. The lowest BCUT2D eigenvalue weighted by molar-refractivity contribution is 0.556. The third-order valence-electron chi connectivity index (χ3n) is 2.03. The van der Waals surface area contributed by atoms with Crippen LogP contribution in [0.15, 0.2) is 22.6 Å². The lowest BCUT2D eigenvalue weighted by Gasteiger charge is -1.99. The quantitative estimate of drug-likeness (QED) is 0.811. The molecule has 2 rings (SSSR count). The maximum absolute atomic E-state index is 5.80. The molecule has 0 atom stereocenters. The summed E-state index contributed by atoms with van der Waals surface area (Å²) in [6, 6.07) is 5.61. The van der Waals surface area contributed by atoms with E-state index in [1.165, 1.54) is 0 Å². The molecule has 0 aliphatic rings. The highest BCUT2D eigenvalue weighted by Crippen LogP contribution is 2.24. The molecule has 0 fully saturated rings. The molecular weight excluding hydrogens is 208 g/mol. The number of aromatic nitrogens is 1. The Hall–Kier alpha value is -1.16. The van der Waals surface area contributed by atoms with Crippen molar-refractivity contribution in [3.05, 3.63) is 24.1 Å². The standard InChI is InChI=1S/C11H14N2OS/c1-7(2)15-6-10-13-11-8(12)4-3-5-9(11)14-10/h3-5,7H,6,12H2,1-2H3. The Balaban J connectivity index is 2.27. The molecule has 15 heavy (non-hydrogen) atoms. The second-order valence-electron chi connectivity index (χ2n) is 3.66. The van der Waals surface area contributed by atoms with Gasteiger partial charge in [0, 0.05) is 0 Å². The summed E-state index contributed by atoms with van der Waals surface area (Å²) in [4.78, 5) is 4.37. The van der Waals surface area contributed by atoms with E-state index in [9.17, 15) is 0 Å². The van der Waals surface area contributed by atoms with Gasteiger partial charge in [0.2, 0.25) is 5.89 Å². The van der Waals surface area contributed by atoms with Gasteiger partial charge in [0.1, 0.15) is 5.52 Å². The number of oxazole rings is 1. The number of rotatable bonds is 3. The number of thioether (sulfide) groups is 1. The van der Waals surface area contributed by atoms with E-state index in [2.05, 4.69) is 18.8 Å². The fourth-order valence-electron chi connectivity index (χ4n) is 1.32. The van der Waals surface area contributed by atoms with E-state index < -0.39 is 0 Å². The van der Waals surface area contributed by atoms with Crippen LogP contribution in [0.5, 0.6) is 0 Å². The Labute approximate surface area is 93.0 Å².